The summed E-state index contributed by atoms with van der Waals surface area (Å²) >= 11 is 5.74. The first-order valence-corrected chi connectivity index (χ1v) is 7.50. The molecule has 0 fully saturated rings. The maximum absolute atomic E-state index is 11.8. The van der Waals surface area contributed by atoms with Crippen LogP contribution in [0.2, 0.25) is 5.02 Å². The van der Waals surface area contributed by atoms with Crippen molar-refractivity contribution in [2.75, 3.05) is 0 Å². The Balaban J connectivity index is 1.76. The molecule has 7 nitrogen and oxygen atoms in total. The van der Waals surface area contributed by atoms with Crippen LogP contribution in [0.15, 0.2) is 28.8 Å². The van der Waals surface area contributed by atoms with Gasteiger partial charge in [0.1, 0.15) is 0 Å². The van der Waals surface area contributed by atoms with Gasteiger partial charge in [-0.2, -0.15) is 4.98 Å². The van der Waals surface area contributed by atoms with E-state index in [0.717, 1.165) is 0 Å². The van der Waals surface area contributed by atoms with Crippen LogP contribution in [0.5, 0.6) is 0 Å². The Morgan fingerprint density at radius 2 is 1.91 bits per heavy atom. The van der Waals surface area contributed by atoms with E-state index >= 15 is 0 Å². The van der Waals surface area contributed by atoms with Gasteiger partial charge in [0.05, 0.1) is 0 Å². The van der Waals surface area contributed by atoms with Crippen LogP contribution in [0, 0.1) is 0 Å². The molecule has 2 amide bonds. The topological polar surface area (TPSA) is 97.1 Å². The molecule has 1 aromatic carbocycles. The zero-order valence-corrected chi connectivity index (χ0v) is 13.6. The number of nitrogens with zero attached hydrogens (tertiary/aromatic N) is 2. The Morgan fingerprint density at radius 1 is 1.22 bits per heavy atom. The molecule has 23 heavy (non-hydrogen) atoms. The summed E-state index contributed by atoms with van der Waals surface area (Å²) < 4.78 is 5.04. The Labute approximate surface area is 138 Å². The lowest BCUT2D eigenvalue weighted by Gasteiger charge is -2.06. The van der Waals surface area contributed by atoms with Gasteiger partial charge in [0.25, 0.3) is 5.91 Å². The molecule has 0 saturated heterocycles. The van der Waals surface area contributed by atoms with Crippen molar-refractivity contribution in [1.29, 1.82) is 0 Å². The first-order chi connectivity index (χ1) is 11.0. The Kier molecular flexibility index (Phi) is 5.70. The SMILES string of the molecule is CC(C)c1noc(CCC(=O)NNC(=O)c2ccc(Cl)cc2)n1. The molecule has 0 radical (unpaired) electrons. The van der Waals surface area contributed by atoms with Crippen LogP contribution in [-0.4, -0.2) is 22.0 Å². The van der Waals surface area contributed by atoms with Crippen molar-refractivity contribution in [2.24, 2.45) is 0 Å². The monoisotopic (exact) mass is 336 g/mol. The highest BCUT2D eigenvalue weighted by molar-refractivity contribution is 6.30. The molecular formula is C15H17ClN4O3. The maximum atomic E-state index is 11.8. The predicted octanol–water partition coefficient (Wildman–Crippen LogP) is 2.24. The number of hydrazine groups is 1. The standard InChI is InChI=1S/C15H17ClN4O3/c1-9(2)14-17-13(23-20-14)8-7-12(21)18-19-15(22)10-3-5-11(16)6-4-10/h3-6,9H,7-8H2,1-2H3,(H,18,21)(H,19,22). The highest BCUT2D eigenvalue weighted by Gasteiger charge is 2.12. The van der Waals surface area contributed by atoms with Crippen LogP contribution in [-0.2, 0) is 11.2 Å². The van der Waals surface area contributed by atoms with E-state index in [1.807, 2.05) is 13.8 Å². The predicted molar refractivity (Wildman–Crippen MR) is 83.8 cm³/mol. The van der Waals surface area contributed by atoms with Gasteiger partial charge in [-0.3, -0.25) is 20.4 Å². The average Bonchev–Trinajstić information content (AvgIpc) is 3.00. The fourth-order valence-electron chi connectivity index (χ4n) is 1.69. The third kappa shape index (κ3) is 5.07. The minimum absolute atomic E-state index is 0.126. The summed E-state index contributed by atoms with van der Waals surface area (Å²) in [6, 6.07) is 6.33. The van der Waals surface area contributed by atoms with E-state index in [1.165, 1.54) is 0 Å². The lowest BCUT2D eigenvalue weighted by Crippen LogP contribution is -2.41. The zero-order valence-electron chi connectivity index (χ0n) is 12.8. The van der Waals surface area contributed by atoms with Gasteiger partial charge in [-0.05, 0) is 24.3 Å². The van der Waals surface area contributed by atoms with Gasteiger partial charge in [0.15, 0.2) is 5.82 Å². The number of carbonyl (C=O) groups is 2. The molecule has 2 N–H and O–H groups in total. The van der Waals surface area contributed by atoms with E-state index < -0.39 is 5.91 Å². The number of aryl methyl sites for hydroxylation is 1. The van der Waals surface area contributed by atoms with Crippen molar-refractivity contribution in [3.63, 3.8) is 0 Å². The molecule has 2 rings (SSSR count). The van der Waals surface area contributed by atoms with E-state index in [2.05, 4.69) is 21.0 Å². The molecule has 0 saturated carbocycles. The molecule has 0 unspecified atom stereocenters. The largest absolute Gasteiger partial charge is 0.339 e. The number of halogens is 1. The smallest absolute Gasteiger partial charge is 0.269 e. The molecule has 122 valence electrons. The summed E-state index contributed by atoms with van der Waals surface area (Å²) in [6.07, 6.45) is 0.434. The van der Waals surface area contributed by atoms with Crippen molar-refractivity contribution < 1.29 is 14.1 Å². The van der Waals surface area contributed by atoms with Gasteiger partial charge < -0.3 is 4.52 Å². The Bertz CT molecular complexity index is 682. The summed E-state index contributed by atoms with van der Waals surface area (Å²) in [5.74, 6) is 0.399. The van der Waals surface area contributed by atoms with Crippen LogP contribution in [0.25, 0.3) is 0 Å². The van der Waals surface area contributed by atoms with Crippen molar-refractivity contribution in [2.45, 2.75) is 32.6 Å². The van der Waals surface area contributed by atoms with Crippen molar-refractivity contribution in [1.82, 2.24) is 21.0 Å². The number of amides is 2. The lowest BCUT2D eigenvalue weighted by molar-refractivity contribution is -0.121. The zero-order chi connectivity index (χ0) is 16.8. The van der Waals surface area contributed by atoms with Gasteiger partial charge in [-0.1, -0.05) is 30.6 Å². The number of benzene rings is 1. The van der Waals surface area contributed by atoms with Gasteiger partial charge in [-0.25, -0.2) is 0 Å². The summed E-state index contributed by atoms with van der Waals surface area (Å²) in [5.41, 5.74) is 5.06. The van der Waals surface area contributed by atoms with Gasteiger partial charge in [-0.15, -0.1) is 0 Å². The summed E-state index contributed by atoms with van der Waals surface area (Å²) in [4.78, 5) is 27.7. The first-order valence-electron chi connectivity index (χ1n) is 7.13. The van der Waals surface area contributed by atoms with E-state index in [4.69, 9.17) is 16.1 Å². The average molecular weight is 337 g/mol. The molecule has 0 spiro atoms. The second-order valence-electron chi connectivity index (χ2n) is 5.21. The van der Waals surface area contributed by atoms with Gasteiger partial charge in [0.2, 0.25) is 11.8 Å². The fourth-order valence-corrected chi connectivity index (χ4v) is 1.81. The van der Waals surface area contributed by atoms with Crippen LogP contribution in [0.4, 0.5) is 0 Å². The van der Waals surface area contributed by atoms with E-state index in [9.17, 15) is 9.59 Å². The van der Waals surface area contributed by atoms with Crippen molar-refractivity contribution in [3.8, 4) is 0 Å². The number of hydrogen-bond donors (Lipinski definition) is 2. The van der Waals surface area contributed by atoms with Gasteiger partial charge >= 0.3 is 0 Å². The van der Waals surface area contributed by atoms with E-state index in [0.29, 0.717) is 28.7 Å². The van der Waals surface area contributed by atoms with Crippen molar-refractivity contribution >= 4 is 23.4 Å². The van der Waals surface area contributed by atoms with Crippen LogP contribution < -0.4 is 10.9 Å². The Hall–Kier alpha value is -2.41. The molecule has 8 heteroatoms. The summed E-state index contributed by atoms with van der Waals surface area (Å²) in [7, 11) is 0. The molecule has 0 aliphatic heterocycles. The number of nitrogens with one attached hydrogen (secondary N) is 2. The Morgan fingerprint density at radius 3 is 2.52 bits per heavy atom. The fraction of sp³-hybridized carbons (Fsp3) is 0.333. The summed E-state index contributed by atoms with van der Waals surface area (Å²) in [5, 5.41) is 4.35. The van der Waals surface area contributed by atoms with E-state index in [-0.39, 0.29) is 18.2 Å². The maximum Gasteiger partial charge on any atom is 0.269 e. The van der Waals surface area contributed by atoms with Crippen molar-refractivity contribution in [3.05, 3.63) is 46.6 Å². The minimum atomic E-state index is -0.421. The summed E-state index contributed by atoms with van der Waals surface area (Å²) in [6.45, 7) is 3.90. The molecular weight excluding hydrogens is 320 g/mol. The lowest BCUT2D eigenvalue weighted by atomic mass is 10.2. The molecule has 1 aromatic heterocycles. The molecule has 0 atom stereocenters. The minimum Gasteiger partial charge on any atom is -0.339 e. The number of rotatable bonds is 5. The highest BCUT2D eigenvalue weighted by atomic mass is 35.5. The second kappa shape index (κ2) is 7.73. The van der Waals surface area contributed by atoms with Gasteiger partial charge in [0, 0.05) is 29.3 Å². The highest BCUT2D eigenvalue weighted by Crippen LogP contribution is 2.11. The van der Waals surface area contributed by atoms with Crippen LogP contribution in [0.1, 0.15) is 48.3 Å². The quantitative estimate of drug-likeness (QED) is 0.816. The van der Waals surface area contributed by atoms with Crippen LogP contribution >= 0.6 is 11.6 Å². The normalized spacial score (nSPS) is 10.6. The molecule has 1 heterocycles. The molecule has 2 aromatic rings. The number of carbonyl (C=O) groups excluding carboxylic acids is 2. The number of hydrogen-bond acceptors (Lipinski definition) is 5. The first kappa shape index (κ1) is 17.0. The number of aromatic nitrogens is 2. The van der Waals surface area contributed by atoms with Crippen LogP contribution in [0.3, 0.4) is 0 Å². The molecule has 0 aliphatic rings. The second-order valence-corrected chi connectivity index (χ2v) is 5.65. The molecule has 0 aliphatic carbocycles. The molecule has 0 bridgehead atoms. The third-order valence-electron chi connectivity index (χ3n) is 2.99. The van der Waals surface area contributed by atoms with E-state index in [1.54, 1.807) is 24.3 Å². The third-order valence-corrected chi connectivity index (χ3v) is 3.24.